The topological polar surface area (TPSA) is 125 Å². The fraction of sp³-hybridized carbons (Fsp3) is 0.267. The van der Waals surface area contributed by atoms with Crippen molar-refractivity contribution in [1.82, 2.24) is 25.5 Å². The van der Waals surface area contributed by atoms with E-state index in [4.69, 9.17) is 9.47 Å². The van der Waals surface area contributed by atoms with E-state index >= 15 is 0 Å². The lowest BCUT2D eigenvalue weighted by atomic mass is 10.0. The maximum absolute atomic E-state index is 13.4. The molecule has 3 aromatic carbocycles. The van der Waals surface area contributed by atoms with Crippen LogP contribution in [0.2, 0.25) is 0 Å². The van der Waals surface area contributed by atoms with Gasteiger partial charge in [0.1, 0.15) is 24.8 Å². The second kappa shape index (κ2) is 12.8. The van der Waals surface area contributed by atoms with Gasteiger partial charge in [-0.15, -0.1) is 5.10 Å². The summed E-state index contributed by atoms with van der Waals surface area (Å²) in [4.78, 5) is 38.6. The lowest BCUT2D eigenvalue weighted by Crippen LogP contribution is -2.45. The van der Waals surface area contributed by atoms with Gasteiger partial charge in [-0.2, -0.15) is 0 Å². The number of rotatable bonds is 10. The number of nitrogens with one attached hydrogen (secondary N) is 1. The Morgan fingerprint density at radius 1 is 0.875 bits per heavy atom. The average molecular weight is 542 g/mol. The molecule has 0 aliphatic heterocycles. The average Bonchev–Trinajstić information content (AvgIpc) is 3.40. The molecule has 40 heavy (non-hydrogen) atoms. The summed E-state index contributed by atoms with van der Waals surface area (Å²) in [6, 6.07) is 25.4. The Morgan fingerprint density at radius 2 is 1.52 bits per heavy atom. The number of ether oxygens (including phenoxy) is 2. The van der Waals surface area contributed by atoms with E-state index in [9.17, 15) is 14.4 Å². The van der Waals surface area contributed by atoms with E-state index in [0.29, 0.717) is 11.4 Å². The third kappa shape index (κ3) is 8.07. The van der Waals surface area contributed by atoms with Crippen LogP contribution in [0.3, 0.4) is 0 Å². The molecular weight excluding hydrogens is 510 g/mol. The van der Waals surface area contributed by atoms with Crippen molar-refractivity contribution in [3.8, 4) is 22.5 Å². The van der Waals surface area contributed by atoms with Crippen LogP contribution in [0.4, 0.5) is 4.79 Å². The number of carbonyl (C=O) groups is 3. The summed E-state index contributed by atoms with van der Waals surface area (Å²) in [6.45, 7) is 4.89. The van der Waals surface area contributed by atoms with E-state index in [1.807, 2.05) is 84.9 Å². The zero-order valence-electron chi connectivity index (χ0n) is 22.6. The highest BCUT2D eigenvalue weighted by Crippen LogP contribution is 2.25. The third-order valence-electron chi connectivity index (χ3n) is 5.75. The summed E-state index contributed by atoms with van der Waals surface area (Å²) in [7, 11) is 0. The lowest BCUT2D eigenvalue weighted by Gasteiger charge is -2.22. The number of hydrogen-bond acceptors (Lipinski definition) is 8. The normalized spacial score (nSPS) is 11.9. The number of Topliss-reactive ketones (excluding diaryl/α,β-unsaturated/α-hetero) is 1. The highest BCUT2D eigenvalue weighted by atomic mass is 16.6. The molecule has 1 heterocycles. The third-order valence-corrected chi connectivity index (χ3v) is 5.75. The molecule has 0 spiro atoms. The number of carbonyl (C=O) groups excluding carboxylic acids is 3. The number of benzene rings is 3. The van der Waals surface area contributed by atoms with Crippen LogP contribution in [0, 0.1) is 0 Å². The number of amides is 1. The van der Waals surface area contributed by atoms with Gasteiger partial charge in [-0.3, -0.25) is 9.59 Å². The number of ketones is 1. The molecule has 1 atom stereocenters. The SMILES string of the molecule is CC(C)(C)OC(=O)CC(NC(=O)OCc1ccccc1)C(=O)Cn1nnnc1-c1cccc(-c2ccccc2)c1. The standard InChI is InChI=1S/C30H31N5O5/c1-30(2,3)40-27(37)18-25(31-29(38)39-20-21-11-6-4-7-12-21)26(36)19-35-28(32-33-34-35)24-16-10-15-23(17-24)22-13-8-5-9-14-22/h4-17,25H,18-20H2,1-3H3,(H,31,38). The zero-order chi connectivity index (χ0) is 28.5. The van der Waals surface area contributed by atoms with Crippen molar-refractivity contribution in [3.05, 3.63) is 90.5 Å². The zero-order valence-corrected chi connectivity index (χ0v) is 22.6. The number of nitrogens with zero attached hydrogens (tertiary/aromatic N) is 4. The van der Waals surface area contributed by atoms with Gasteiger partial charge in [-0.25, -0.2) is 9.48 Å². The molecule has 10 heteroatoms. The van der Waals surface area contributed by atoms with Crippen LogP contribution < -0.4 is 5.32 Å². The summed E-state index contributed by atoms with van der Waals surface area (Å²) < 4.78 is 12.0. The van der Waals surface area contributed by atoms with E-state index in [-0.39, 0.29) is 19.6 Å². The molecule has 4 rings (SSSR count). The van der Waals surface area contributed by atoms with Crippen molar-refractivity contribution in [2.24, 2.45) is 0 Å². The number of tetrazole rings is 1. The molecule has 0 aliphatic carbocycles. The second-order valence-electron chi connectivity index (χ2n) is 10.1. The van der Waals surface area contributed by atoms with Gasteiger partial charge in [0, 0.05) is 5.56 Å². The molecule has 0 radical (unpaired) electrons. The molecule has 1 N–H and O–H groups in total. The Balaban J connectivity index is 1.50. The van der Waals surface area contributed by atoms with Gasteiger partial charge in [0.05, 0.1) is 6.42 Å². The van der Waals surface area contributed by atoms with E-state index in [1.165, 1.54) is 4.68 Å². The molecule has 1 aromatic heterocycles. The first kappa shape index (κ1) is 28.2. The maximum Gasteiger partial charge on any atom is 0.408 e. The van der Waals surface area contributed by atoms with Crippen LogP contribution >= 0.6 is 0 Å². The lowest BCUT2D eigenvalue weighted by molar-refractivity contribution is -0.156. The molecule has 206 valence electrons. The van der Waals surface area contributed by atoms with Crippen LogP contribution in [-0.4, -0.2) is 49.7 Å². The molecule has 1 amide bonds. The second-order valence-corrected chi connectivity index (χ2v) is 10.1. The number of alkyl carbamates (subject to hydrolysis) is 1. The number of esters is 1. The monoisotopic (exact) mass is 541 g/mol. The Hall–Kier alpha value is -4.86. The van der Waals surface area contributed by atoms with Gasteiger partial charge in [0.25, 0.3) is 0 Å². The molecule has 0 saturated carbocycles. The van der Waals surface area contributed by atoms with Gasteiger partial charge in [-0.1, -0.05) is 78.9 Å². The van der Waals surface area contributed by atoms with Crippen LogP contribution in [0.15, 0.2) is 84.9 Å². The van der Waals surface area contributed by atoms with E-state index in [1.54, 1.807) is 20.8 Å². The predicted octanol–water partition coefficient (Wildman–Crippen LogP) is 4.60. The van der Waals surface area contributed by atoms with Crippen LogP contribution in [0.5, 0.6) is 0 Å². The molecule has 0 aliphatic rings. The van der Waals surface area contributed by atoms with E-state index in [2.05, 4.69) is 20.8 Å². The molecule has 10 nitrogen and oxygen atoms in total. The van der Waals surface area contributed by atoms with Gasteiger partial charge in [0.2, 0.25) is 0 Å². The Morgan fingerprint density at radius 3 is 2.23 bits per heavy atom. The molecular formula is C30H31N5O5. The first-order valence-corrected chi connectivity index (χ1v) is 12.8. The molecule has 0 fully saturated rings. The van der Waals surface area contributed by atoms with Gasteiger partial charge in [0.15, 0.2) is 11.6 Å². The van der Waals surface area contributed by atoms with Crippen LogP contribution in [0.25, 0.3) is 22.5 Å². The largest absolute Gasteiger partial charge is 0.460 e. The van der Waals surface area contributed by atoms with E-state index in [0.717, 1.165) is 16.7 Å². The Bertz CT molecular complexity index is 1450. The summed E-state index contributed by atoms with van der Waals surface area (Å²) in [6.07, 6.45) is -1.21. The first-order valence-electron chi connectivity index (χ1n) is 12.8. The van der Waals surface area contributed by atoms with Crippen molar-refractivity contribution in [2.75, 3.05) is 0 Å². The number of aromatic nitrogens is 4. The summed E-state index contributed by atoms with van der Waals surface area (Å²) in [5, 5.41) is 14.4. The fourth-order valence-corrected chi connectivity index (χ4v) is 3.95. The first-order chi connectivity index (χ1) is 19.2. The molecule has 4 aromatic rings. The van der Waals surface area contributed by atoms with Gasteiger partial charge in [-0.05, 0) is 54.0 Å². The highest BCUT2D eigenvalue weighted by Gasteiger charge is 2.28. The van der Waals surface area contributed by atoms with E-state index < -0.39 is 29.5 Å². The van der Waals surface area contributed by atoms with Gasteiger partial charge < -0.3 is 14.8 Å². The Labute approximate surface area is 232 Å². The summed E-state index contributed by atoms with van der Waals surface area (Å²) in [5.41, 5.74) is 2.71. The Kier molecular flexibility index (Phi) is 9.00. The van der Waals surface area contributed by atoms with Crippen LogP contribution in [-0.2, 0) is 32.2 Å². The predicted molar refractivity (Wildman–Crippen MR) is 148 cm³/mol. The molecule has 1 unspecified atom stereocenters. The molecule has 0 bridgehead atoms. The van der Waals surface area contributed by atoms with Crippen molar-refractivity contribution in [3.63, 3.8) is 0 Å². The van der Waals surface area contributed by atoms with Crippen LogP contribution in [0.1, 0.15) is 32.8 Å². The summed E-state index contributed by atoms with van der Waals surface area (Å²) in [5.74, 6) is -0.759. The minimum absolute atomic E-state index is 0.00885. The fourth-order valence-electron chi connectivity index (χ4n) is 3.95. The molecule has 0 saturated heterocycles. The maximum atomic E-state index is 13.4. The minimum atomic E-state index is -1.22. The minimum Gasteiger partial charge on any atom is -0.460 e. The number of hydrogen-bond donors (Lipinski definition) is 1. The van der Waals surface area contributed by atoms with Crippen molar-refractivity contribution < 1.29 is 23.9 Å². The summed E-state index contributed by atoms with van der Waals surface area (Å²) >= 11 is 0. The van der Waals surface area contributed by atoms with Crippen molar-refractivity contribution >= 4 is 17.8 Å². The van der Waals surface area contributed by atoms with Crippen molar-refractivity contribution in [2.45, 2.75) is 52.0 Å². The van der Waals surface area contributed by atoms with Crippen molar-refractivity contribution in [1.29, 1.82) is 0 Å². The smallest absolute Gasteiger partial charge is 0.408 e. The van der Waals surface area contributed by atoms with Gasteiger partial charge >= 0.3 is 12.1 Å². The quantitative estimate of drug-likeness (QED) is 0.289. The highest BCUT2D eigenvalue weighted by molar-refractivity contribution is 5.91.